The molecule has 0 amide bonds. The van der Waals surface area contributed by atoms with Crippen molar-refractivity contribution in [2.24, 2.45) is 21.7 Å². The summed E-state index contributed by atoms with van der Waals surface area (Å²) >= 11 is 0. The van der Waals surface area contributed by atoms with Crippen LogP contribution in [0.4, 0.5) is 0 Å². The van der Waals surface area contributed by atoms with E-state index in [1.54, 1.807) is 0 Å². The normalized spacial score (nSPS) is 12.3. The van der Waals surface area contributed by atoms with Gasteiger partial charge in [-0.2, -0.15) is 0 Å². The van der Waals surface area contributed by atoms with Gasteiger partial charge in [0.1, 0.15) is 23.1 Å². The Bertz CT molecular complexity index is 435. The first kappa shape index (κ1) is 31.0. The van der Waals surface area contributed by atoms with Crippen LogP contribution in [0.2, 0.25) is 0 Å². The molecule has 0 fully saturated rings. The molecule has 0 aliphatic rings. The molecular formula is C22H40O4Ru+2. The Morgan fingerprint density at radius 2 is 0.519 bits per heavy atom. The second-order valence-corrected chi connectivity index (χ2v) is 11.0. The molecule has 0 saturated carbocycles. The molecule has 0 rings (SSSR count). The molecule has 4 nitrogen and oxygen atoms in total. The Labute approximate surface area is 179 Å². The number of Topliss-reactive ketones (excluding diaryl/α,β-unsaturated/α-hetero) is 4. The zero-order valence-corrected chi connectivity index (χ0v) is 21.1. The van der Waals surface area contributed by atoms with E-state index < -0.39 is 21.7 Å². The molecule has 0 aromatic heterocycles. The van der Waals surface area contributed by atoms with Gasteiger partial charge in [-0.3, -0.25) is 19.2 Å². The summed E-state index contributed by atoms with van der Waals surface area (Å²) < 4.78 is 0. The average molecular weight is 470 g/mol. The number of rotatable bonds is 4. The predicted molar refractivity (Wildman–Crippen MR) is 107 cm³/mol. The first-order chi connectivity index (χ1) is 11.1. The van der Waals surface area contributed by atoms with E-state index in [0.29, 0.717) is 0 Å². The molecule has 0 radical (unpaired) electrons. The maximum absolute atomic E-state index is 11.5. The van der Waals surface area contributed by atoms with Crippen molar-refractivity contribution in [3.63, 3.8) is 0 Å². The molecule has 158 valence electrons. The molecule has 0 heterocycles. The van der Waals surface area contributed by atoms with Crippen LogP contribution in [0.1, 0.15) is 95.9 Å². The molecule has 0 spiro atoms. The van der Waals surface area contributed by atoms with E-state index in [1.165, 1.54) is 0 Å². The van der Waals surface area contributed by atoms with Gasteiger partial charge >= 0.3 is 19.5 Å². The summed E-state index contributed by atoms with van der Waals surface area (Å²) in [4.78, 5) is 46.0. The van der Waals surface area contributed by atoms with E-state index in [9.17, 15) is 19.2 Å². The van der Waals surface area contributed by atoms with Crippen LogP contribution in [0.3, 0.4) is 0 Å². The van der Waals surface area contributed by atoms with Gasteiger partial charge in [0, 0.05) is 21.7 Å². The van der Waals surface area contributed by atoms with Crippen LogP contribution in [0.15, 0.2) is 0 Å². The third-order valence-electron chi connectivity index (χ3n) is 3.99. The van der Waals surface area contributed by atoms with Crippen LogP contribution >= 0.6 is 0 Å². The van der Waals surface area contributed by atoms with E-state index in [4.69, 9.17) is 0 Å². The van der Waals surface area contributed by atoms with E-state index in [0.717, 1.165) is 0 Å². The van der Waals surface area contributed by atoms with Gasteiger partial charge in [-0.1, -0.05) is 83.1 Å². The van der Waals surface area contributed by atoms with Crippen molar-refractivity contribution in [1.29, 1.82) is 0 Å². The van der Waals surface area contributed by atoms with Crippen LogP contribution in [0.5, 0.6) is 0 Å². The van der Waals surface area contributed by atoms with E-state index >= 15 is 0 Å². The van der Waals surface area contributed by atoms with Crippen molar-refractivity contribution < 1.29 is 38.7 Å². The van der Waals surface area contributed by atoms with Gasteiger partial charge in [-0.05, 0) is 0 Å². The minimum Gasteiger partial charge on any atom is -0.299 e. The number of hydrogen-bond donors (Lipinski definition) is 0. The number of carbonyl (C=O) groups is 4. The Morgan fingerprint density at radius 1 is 0.407 bits per heavy atom. The number of hydrogen-bond acceptors (Lipinski definition) is 4. The summed E-state index contributed by atoms with van der Waals surface area (Å²) in [5, 5.41) is 0. The summed E-state index contributed by atoms with van der Waals surface area (Å²) in [5.41, 5.74) is -1.61. The van der Waals surface area contributed by atoms with Gasteiger partial charge in [0.25, 0.3) is 0 Å². The second-order valence-electron chi connectivity index (χ2n) is 11.0. The third kappa shape index (κ3) is 14.0. The zero-order valence-electron chi connectivity index (χ0n) is 19.4. The van der Waals surface area contributed by atoms with E-state index in [2.05, 4.69) is 0 Å². The van der Waals surface area contributed by atoms with E-state index in [-0.39, 0.29) is 55.5 Å². The molecule has 0 aromatic carbocycles. The monoisotopic (exact) mass is 470 g/mol. The summed E-state index contributed by atoms with van der Waals surface area (Å²) in [7, 11) is 0. The van der Waals surface area contributed by atoms with Crippen molar-refractivity contribution in [1.82, 2.24) is 0 Å². The van der Waals surface area contributed by atoms with Crippen molar-refractivity contribution >= 4 is 23.1 Å². The van der Waals surface area contributed by atoms with Crippen LogP contribution in [-0.2, 0) is 38.7 Å². The van der Waals surface area contributed by atoms with Crippen molar-refractivity contribution in [2.75, 3.05) is 0 Å². The molecule has 27 heavy (non-hydrogen) atoms. The third-order valence-corrected chi connectivity index (χ3v) is 3.99. The topological polar surface area (TPSA) is 68.3 Å². The molecular weight excluding hydrogens is 429 g/mol. The quantitative estimate of drug-likeness (QED) is 0.419. The summed E-state index contributed by atoms with van der Waals surface area (Å²) in [6, 6.07) is 0. The molecule has 0 N–H and O–H groups in total. The van der Waals surface area contributed by atoms with Gasteiger partial charge in [0.05, 0.1) is 12.8 Å². The largest absolute Gasteiger partial charge is 2.00 e. The molecule has 0 aliphatic heterocycles. The van der Waals surface area contributed by atoms with Gasteiger partial charge in [0.15, 0.2) is 0 Å². The Kier molecular flexibility index (Phi) is 12.3. The fourth-order valence-corrected chi connectivity index (χ4v) is 1.35. The van der Waals surface area contributed by atoms with Gasteiger partial charge in [-0.15, -0.1) is 0 Å². The standard InChI is InChI=1S/2C11H20O2.Ru/c2*1-10(2,3)8(12)7-9(13)11(4,5)6;/h2*7H2,1-6H3;/q;;+2. The maximum atomic E-state index is 11.5. The van der Waals surface area contributed by atoms with E-state index in [1.807, 2.05) is 83.1 Å². The minimum absolute atomic E-state index is 0. The van der Waals surface area contributed by atoms with Crippen LogP contribution in [0.25, 0.3) is 0 Å². The number of ketones is 4. The first-order valence-corrected chi connectivity index (χ1v) is 9.23. The Morgan fingerprint density at radius 3 is 0.593 bits per heavy atom. The molecule has 0 bridgehead atoms. The van der Waals surface area contributed by atoms with Gasteiger partial charge in [0.2, 0.25) is 0 Å². The van der Waals surface area contributed by atoms with Crippen molar-refractivity contribution in [3.8, 4) is 0 Å². The smallest absolute Gasteiger partial charge is 0.299 e. The second kappa shape index (κ2) is 10.7. The van der Waals surface area contributed by atoms with Gasteiger partial charge < -0.3 is 0 Å². The van der Waals surface area contributed by atoms with Crippen LogP contribution in [-0.4, -0.2) is 23.1 Å². The molecule has 0 aliphatic carbocycles. The molecule has 0 unspecified atom stereocenters. The van der Waals surface area contributed by atoms with Crippen molar-refractivity contribution in [2.45, 2.75) is 95.9 Å². The molecule has 0 saturated heterocycles. The summed E-state index contributed by atoms with van der Waals surface area (Å²) in [6.07, 6.45) is 0.125. The minimum atomic E-state index is -0.402. The fourth-order valence-electron chi connectivity index (χ4n) is 1.35. The number of carbonyl (C=O) groups excluding carboxylic acids is 4. The fraction of sp³-hybridized carbons (Fsp3) is 0.818. The molecule has 0 atom stereocenters. The zero-order chi connectivity index (χ0) is 21.7. The summed E-state index contributed by atoms with van der Waals surface area (Å²) in [5.74, 6) is 0.0831. The SMILES string of the molecule is CC(C)(C)C(=O)CC(=O)C(C)(C)C.CC(C)(C)C(=O)CC(=O)C(C)(C)C.[Ru+2]. The average Bonchev–Trinajstić information content (AvgIpc) is 2.34. The van der Waals surface area contributed by atoms with Crippen molar-refractivity contribution in [3.05, 3.63) is 0 Å². The Balaban J connectivity index is -0.000000411. The maximum Gasteiger partial charge on any atom is 2.00 e. The molecule has 0 aromatic rings. The Hall–Kier alpha value is -0.697. The summed E-state index contributed by atoms with van der Waals surface area (Å²) in [6.45, 7) is 22.1. The van der Waals surface area contributed by atoms with Gasteiger partial charge in [-0.25, -0.2) is 0 Å². The molecule has 5 heteroatoms. The van der Waals surface area contributed by atoms with Crippen LogP contribution in [0, 0.1) is 21.7 Å². The predicted octanol–water partition coefficient (Wildman–Crippen LogP) is 5.21. The van der Waals surface area contributed by atoms with Crippen LogP contribution < -0.4 is 0 Å². The first-order valence-electron chi connectivity index (χ1n) is 9.23.